The van der Waals surface area contributed by atoms with Crippen molar-refractivity contribution in [3.63, 3.8) is 0 Å². The molecule has 0 atom stereocenters. The van der Waals surface area contributed by atoms with Crippen LogP contribution in [0.2, 0.25) is 0 Å². The van der Waals surface area contributed by atoms with Crippen molar-refractivity contribution in [3.05, 3.63) is 68.8 Å². The molecule has 0 radical (unpaired) electrons. The molecule has 0 aliphatic carbocycles. The number of thiocarbonyl (C=S) groups is 1. The first-order valence-electron chi connectivity index (χ1n) is 10.5. The maximum Gasteiger partial charge on any atom is 0.346 e. The van der Waals surface area contributed by atoms with Crippen LogP contribution < -0.4 is 10.1 Å². The number of thioether (sulfide) groups is 2. The Kier molecular flexibility index (Phi) is 6.70. The van der Waals surface area contributed by atoms with Gasteiger partial charge in [0, 0.05) is 32.7 Å². The fourth-order valence-corrected chi connectivity index (χ4v) is 6.73. The third-order valence-corrected chi connectivity index (χ3v) is 8.45. The molecule has 0 aromatic heterocycles. The van der Waals surface area contributed by atoms with Crippen LogP contribution in [0.15, 0.2) is 57.7 Å². The van der Waals surface area contributed by atoms with E-state index in [1.165, 1.54) is 11.8 Å². The number of hydrogen-bond acceptors (Lipinski definition) is 7. The highest BCUT2D eigenvalue weighted by atomic mass is 32.2. The second-order valence-corrected chi connectivity index (χ2v) is 10.5. The minimum Gasteiger partial charge on any atom is -0.494 e. The van der Waals surface area contributed by atoms with Gasteiger partial charge in [0.15, 0.2) is 0 Å². The summed E-state index contributed by atoms with van der Waals surface area (Å²) in [7, 11) is 0. The van der Waals surface area contributed by atoms with Crippen LogP contribution in [0.1, 0.15) is 38.8 Å². The van der Waals surface area contributed by atoms with Crippen molar-refractivity contribution in [2.75, 3.05) is 18.5 Å². The zero-order valence-corrected chi connectivity index (χ0v) is 20.9. The van der Waals surface area contributed by atoms with Crippen molar-refractivity contribution in [2.45, 2.75) is 33.2 Å². The van der Waals surface area contributed by atoms with Crippen LogP contribution in [-0.4, -0.2) is 29.6 Å². The molecule has 0 amide bonds. The topological polar surface area (TPSA) is 47.6 Å². The Bertz CT molecular complexity index is 1140. The van der Waals surface area contributed by atoms with E-state index in [9.17, 15) is 4.79 Å². The zero-order chi connectivity index (χ0) is 22.9. The first kappa shape index (κ1) is 23.0. The van der Waals surface area contributed by atoms with E-state index in [2.05, 4.69) is 19.2 Å². The Balaban J connectivity index is 1.84. The van der Waals surface area contributed by atoms with E-state index in [0.717, 1.165) is 42.1 Å². The summed E-state index contributed by atoms with van der Waals surface area (Å²) in [5.41, 5.74) is 3.56. The second-order valence-electron chi connectivity index (χ2n) is 7.83. The summed E-state index contributed by atoms with van der Waals surface area (Å²) >= 11 is 9.00. The van der Waals surface area contributed by atoms with Gasteiger partial charge in [-0.1, -0.05) is 66.1 Å². The summed E-state index contributed by atoms with van der Waals surface area (Å²) in [5.74, 6) is 0.513. The van der Waals surface area contributed by atoms with Crippen molar-refractivity contribution in [1.29, 1.82) is 0 Å². The molecular formula is C25H25NO3S3. The van der Waals surface area contributed by atoms with E-state index in [0.29, 0.717) is 18.1 Å². The average Bonchev–Trinajstić information content (AvgIpc) is 3.21. The van der Waals surface area contributed by atoms with Gasteiger partial charge in [0.05, 0.1) is 23.0 Å². The predicted molar refractivity (Wildman–Crippen MR) is 140 cm³/mol. The molecule has 0 bridgehead atoms. The van der Waals surface area contributed by atoms with Gasteiger partial charge < -0.3 is 14.8 Å². The van der Waals surface area contributed by atoms with Crippen molar-refractivity contribution in [1.82, 2.24) is 0 Å². The van der Waals surface area contributed by atoms with Gasteiger partial charge in [0.2, 0.25) is 0 Å². The minimum atomic E-state index is -0.420. The first-order chi connectivity index (χ1) is 15.4. The normalized spacial score (nSPS) is 19.4. The maximum atomic E-state index is 12.8. The summed E-state index contributed by atoms with van der Waals surface area (Å²) in [6, 6.07) is 16.0. The largest absolute Gasteiger partial charge is 0.494 e. The Morgan fingerprint density at radius 1 is 1.06 bits per heavy atom. The number of nitrogens with one attached hydrogen (secondary N) is 1. The number of esters is 1. The van der Waals surface area contributed by atoms with Gasteiger partial charge in [-0.3, -0.25) is 0 Å². The maximum absolute atomic E-state index is 12.8. The number of rotatable bonds is 5. The van der Waals surface area contributed by atoms with E-state index in [4.69, 9.17) is 21.7 Å². The lowest BCUT2D eigenvalue weighted by molar-refractivity contribution is -0.137. The summed E-state index contributed by atoms with van der Waals surface area (Å²) in [4.78, 5) is 15.2. The fraction of sp³-hybridized carbons (Fsp3) is 0.280. The van der Waals surface area contributed by atoms with Crippen molar-refractivity contribution in [3.8, 4) is 5.75 Å². The number of benzene rings is 2. The molecule has 4 rings (SSSR count). The third kappa shape index (κ3) is 4.34. The molecule has 0 saturated heterocycles. The molecule has 0 fully saturated rings. The molecule has 0 saturated carbocycles. The molecule has 166 valence electrons. The SMILES string of the molecule is CCOC(=O)C1=C(c2ccccc2)S/C(=C2\C(=S)C(C)(C)Nc3cc(OCC)ccc32)S1. The number of fused-ring (bicyclic) bond motifs is 1. The monoisotopic (exact) mass is 483 g/mol. The predicted octanol–water partition coefficient (Wildman–Crippen LogP) is 6.74. The molecule has 2 heterocycles. The third-order valence-electron chi connectivity index (χ3n) is 5.11. The van der Waals surface area contributed by atoms with Gasteiger partial charge >= 0.3 is 5.97 Å². The minimum absolute atomic E-state index is 0.300. The van der Waals surface area contributed by atoms with Gasteiger partial charge in [0.1, 0.15) is 10.7 Å². The number of ether oxygens (including phenoxy) is 2. The Labute approximate surface area is 202 Å². The molecule has 32 heavy (non-hydrogen) atoms. The van der Waals surface area contributed by atoms with Crippen LogP contribution in [0.5, 0.6) is 5.75 Å². The second kappa shape index (κ2) is 9.33. The molecule has 1 N–H and O–H groups in total. The molecule has 2 aromatic rings. The number of anilines is 1. The molecular weight excluding hydrogens is 458 g/mol. The van der Waals surface area contributed by atoms with Crippen LogP contribution in [0.3, 0.4) is 0 Å². The average molecular weight is 484 g/mol. The van der Waals surface area contributed by atoms with Crippen LogP contribution >= 0.6 is 35.7 Å². The summed E-state index contributed by atoms with van der Waals surface area (Å²) in [6.07, 6.45) is 0. The Hall–Kier alpha value is -2.22. The zero-order valence-electron chi connectivity index (χ0n) is 18.5. The van der Waals surface area contributed by atoms with Gasteiger partial charge in [-0.15, -0.1) is 0 Å². The van der Waals surface area contributed by atoms with Gasteiger partial charge in [0.25, 0.3) is 0 Å². The lowest BCUT2D eigenvalue weighted by Gasteiger charge is -2.37. The Morgan fingerprint density at radius 2 is 1.81 bits per heavy atom. The van der Waals surface area contributed by atoms with Crippen molar-refractivity contribution in [2.24, 2.45) is 0 Å². The van der Waals surface area contributed by atoms with Gasteiger partial charge in [-0.05, 0) is 45.4 Å². The van der Waals surface area contributed by atoms with E-state index in [-0.39, 0.29) is 5.97 Å². The molecule has 0 spiro atoms. The van der Waals surface area contributed by atoms with E-state index in [1.807, 2.05) is 62.4 Å². The van der Waals surface area contributed by atoms with Gasteiger partial charge in [-0.25, -0.2) is 4.79 Å². The van der Waals surface area contributed by atoms with Crippen LogP contribution in [-0.2, 0) is 9.53 Å². The van der Waals surface area contributed by atoms with E-state index in [1.54, 1.807) is 11.8 Å². The highest BCUT2D eigenvalue weighted by Gasteiger charge is 2.39. The first-order valence-corrected chi connectivity index (χ1v) is 12.6. The summed E-state index contributed by atoms with van der Waals surface area (Å²) < 4.78 is 12.1. The summed E-state index contributed by atoms with van der Waals surface area (Å²) in [5, 5.41) is 3.56. The van der Waals surface area contributed by atoms with Crippen LogP contribution in [0.4, 0.5) is 5.69 Å². The number of hydrogen-bond donors (Lipinski definition) is 1. The van der Waals surface area contributed by atoms with Crippen LogP contribution in [0, 0.1) is 0 Å². The smallest absolute Gasteiger partial charge is 0.346 e. The molecule has 0 unspecified atom stereocenters. The number of carbonyl (C=O) groups excluding carboxylic acids is 1. The van der Waals surface area contributed by atoms with Gasteiger partial charge in [-0.2, -0.15) is 0 Å². The molecule has 7 heteroatoms. The Morgan fingerprint density at radius 3 is 2.50 bits per heavy atom. The van der Waals surface area contributed by atoms with Crippen molar-refractivity contribution < 1.29 is 14.3 Å². The molecule has 2 aromatic carbocycles. The standard InChI is InChI=1S/C25H25NO3S3/c1-5-28-16-12-13-17-18(14-16)26-25(3,4)22(30)19(17)24-31-20(15-10-8-7-9-11-15)21(32-24)23(27)29-6-2/h7-14,26H,5-6H2,1-4H3/b24-19+. The highest BCUT2D eigenvalue weighted by Crippen LogP contribution is 2.58. The fourth-order valence-electron chi connectivity index (χ4n) is 3.64. The van der Waals surface area contributed by atoms with Crippen molar-refractivity contribution >= 4 is 62.7 Å². The lowest BCUT2D eigenvalue weighted by Crippen LogP contribution is -2.43. The van der Waals surface area contributed by atoms with Crippen LogP contribution in [0.25, 0.3) is 10.5 Å². The molecule has 4 nitrogen and oxygen atoms in total. The number of carbonyl (C=O) groups is 1. The van der Waals surface area contributed by atoms with E-state index >= 15 is 0 Å². The lowest BCUT2D eigenvalue weighted by atomic mass is 9.85. The highest BCUT2D eigenvalue weighted by molar-refractivity contribution is 8.32. The van der Waals surface area contributed by atoms with E-state index < -0.39 is 5.54 Å². The quantitative estimate of drug-likeness (QED) is 0.287. The molecule has 2 aliphatic heterocycles. The molecule has 2 aliphatic rings. The summed E-state index contributed by atoms with van der Waals surface area (Å²) in [6.45, 7) is 8.89.